The maximum atomic E-state index is 12.7. The average molecular weight is 268 g/mol. The fourth-order valence-corrected chi connectivity index (χ4v) is 4.35. The van der Waals surface area contributed by atoms with Crippen molar-refractivity contribution in [3.63, 3.8) is 0 Å². The quantitative estimate of drug-likeness (QED) is 0.915. The van der Waals surface area contributed by atoms with Crippen LogP contribution in [-0.2, 0) is 10.0 Å². The molecule has 100 valence electrons. The highest BCUT2D eigenvalue weighted by Crippen LogP contribution is 2.29. The van der Waals surface area contributed by atoms with Gasteiger partial charge in [-0.15, -0.1) is 0 Å². The number of anilines is 1. The molecule has 1 N–H and O–H groups in total. The van der Waals surface area contributed by atoms with Gasteiger partial charge in [0.15, 0.2) is 0 Å². The van der Waals surface area contributed by atoms with Gasteiger partial charge in [0.25, 0.3) is 0 Å². The van der Waals surface area contributed by atoms with Crippen LogP contribution >= 0.6 is 0 Å². The lowest BCUT2D eigenvalue weighted by atomic mass is 10.1. The van der Waals surface area contributed by atoms with E-state index < -0.39 is 10.0 Å². The summed E-state index contributed by atoms with van der Waals surface area (Å²) < 4.78 is 27.0. The Hall–Kier alpha value is -1.07. The minimum atomic E-state index is -3.38. The molecule has 1 aliphatic heterocycles. The van der Waals surface area contributed by atoms with Gasteiger partial charge in [0.2, 0.25) is 10.0 Å². The number of para-hydroxylation sites is 1. The number of nitrogens with zero attached hydrogens (tertiary/aromatic N) is 1. The lowest BCUT2D eigenvalue weighted by Gasteiger charge is -2.32. The minimum Gasteiger partial charge on any atom is -0.387 e. The zero-order valence-electron chi connectivity index (χ0n) is 10.9. The maximum Gasteiger partial charge on any atom is 0.245 e. The first-order chi connectivity index (χ1) is 8.57. The number of nitrogens with one attached hydrogen (secondary N) is 1. The fourth-order valence-electron chi connectivity index (χ4n) is 2.45. The molecule has 1 atom stereocenters. The molecule has 1 saturated heterocycles. The summed E-state index contributed by atoms with van der Waals surface area (Å²) >= 11 is 0. The van der Waals surface area contributed by atoms with Gasteiger partial charge in [-0.05, 0) is 31.9 Å². The summed E-state index contributed by atoms with van der Waals surface area (Å²) in [6.07, 6.45) is 3.01. The van der Waals surface area contributed by atoms with E-state index in [9.17, 15) is 8.42 Å². The molecular formula is C13H20N2O2S. The van der Waals surface area contributed by atoms with Crippen molar-refractivity contribution in [1.82, 2.24) is 4.31 Å². The summed E-state index contributed by atoms with van der Waals surface area (Å²) in [6, 6.07) is 7.16. The molecule has 0 aliphatic carbocycles. The summed E-state index contributed by atoms with van der Waals surface area (Å²) in [5.41, 5.74) is 0.662. The van der Waals surface area contributed by atoms with E-state index in [-0.39, 0.29) is 6.04 Å². The van der Waals surface area contributed by atoms with Gasteiger partial charge in [-0.25, -0.2) is 8.42 Å². The highest BCUT2D eigenvalue weighted by atomic mass is 32.2. The second-order valence-corrected chi connectivity index (χ2v) is 6.57. The summed E-state index contributed by atoms with van der Waals surface area (Å²) in [5, 5.41) is 2.95. The van der Waals surface area contributed by atoms with E-state index in [0.717, 1.165) is 19.3 Å². The molecule has 2 rings (SSSR count). The molecule has 4 nitrogen and oxygen atoms in total. The average Bonchev–Trinajstić information content (AvgIpc) is 2.39. The fraction of sp³-hybridized carbons (Fsp3) is 0.538. The predicted molar refractivity (Wildman–Crippen MR) is 73.2 cm³/mol. The molecule has 1 fully saturated rings. The third kappa shape index (κ3) is 2.37. The highest BCUT2D eigenvalue weighted by Gasteiger charge is 2.32. The molecule has 1 unspecified atom stereocenters. The Kier molecular flexibility index (Phi) is 3.92. The number of rotatable bonds is 3. The molecular weight excluding hydrogens is 248 g/mol. The van der Waals surface area contributed by atoms with Crippen molar-refractivity contribution in [3.8, 4) is 0 Å². The Morgan fingerprint density at radius 2 is 2.00 bits per heavy atom. The van der Waals surface area contributed by atoms with Crippen molar-refractivity contribution in [2.45, 2.75) is 37.1 Å². The topological polar surface area (TPSA) is 49.4 Å². The van der Waals surface area contributed by atoms with Crippen LogP contribution < -0.4 is 5.32 Å². The van der Waals surface area contributed by atoms with Gasteiger partial charge in [0.05, 0.1) is 5.69 Å². The van der Waals surface area contributed by atoms with Crippen LogP contribution in [0.1, 0.15) is 26.2 Å². The maximum absolute atomic E-state index is 12.7. The van der Waals surface area contributed by atoms with Crippen LogP contribution in [0, 0.1) is 0 Å². The summed E-state index contributed by atoms with van der Waals surface area (Å²) in [4.78, 5) is 0.376. The van der Waals surface area contributed by atoms with E-state index in [2.05, 4.69) is 5.32 Å². The zero-order valence-corrected chi connectivity index (χ0v) is 11.7. The van der Waals surface area contributed by atoms with Gasteiger partial charge in [-0.1, -0.05) is 18.6 Å². The smallest absolute Gasteiger partial charge is 0.245 e. The normalized spacial score (nSPS) is 21.8. The second kappa shape index (κ2) is 5.28. The summed E-state index contributed by atoms with van der Waals surface area (Å²) in [7, 11) is -1.64. The molecule has 0 spiro atoms. The summed E-state index contributed by atoms with van der Waals surface area (Å²) in [5.74, 6) is 0. The van der Waals surface area contributed by atoms with Crippen LogP contribution in [0.2, 0.25) is 0 Å². The SMILES string of the molecule is CNc1ccccc1S(=O)(=O)N1CCCCC1C. The molecule has 18 heavy (non-hydrogen) atoms. The van der Waals surface area contributed by atoms with Gasteiger partial charge in [0.1, 0.15) is 4.90 Å². The first kappa shape index (κ1) is 13.4. The Bertz CT molecular complexity index is 513. The molecule has 1 aromatic rings. The first-order valence-corrected chi connectivity index (χ1v) is 7.80. The molecule has 0 aromatic heterocycles. The van der Waals surface area contributed by atoms with Crippen LogP contribution in [0.5, 0.6) is 0 Å². The Balaban J connectivity index is 2.41. The first-order valence-electron chi connectivity index (χ1n) is 6.36. The number of hydrogen-bond acceptors (Lipinski definition) is 3. The van der Waals surface area contributed by atoms with E-state index in [1.807, 2.05) is 13.0 Å². The van der Waals surface area contributed by atoms with E-state index in [1.54, 1.807) is 29.6 Å². The molecule has 5 heteroatoms. The monoisotopic (exact) mass is 268 g/mol. The highest BCUT2D eigenvalue weighted by molar-refractivity contribution is 7.89. The third-order valence-corrected chi connectivity index (χ3v) is 5.56. The molecule has 1 aliphatic rings. The summed E-state index contributed by atoms with van der Waals surface area (Å²) in [6.45, 7) is 2.61. The van der Waals surface area contributed by atoms with Gasteiger partial charge < -0.3 is 5.32 Å². The van der Waals surface area contributed by atoms with Crippen molar-refractivity contribution in [1.29, 1.82) is 0 Å². The van der Waals surface area contributed by atoms with E-state index in [1.165, 1.54) is 0 Å². The molecule has 0 saturated carbocycles. The van der Waals surface area contributed by atoms with Crippen LogP contribution in [0.15, 0.2) is 29.2 Å². The molecule has 0 radical (unpaired) electrons. The molecule has 1 aromatic carbocycles. The molecule has 0 bridgehead atoms. The van der Waals surface area contributed by atoms with Crippen molar-refractivity contribution in [3.05, 3.63) is 24.3 Å². The third-order valence-electron chi connectivity index (χ3n) is 3.49. The minimum absolute atomic E-state index is 0.0914. The molecule has 0 amide bonds. The van der Waals surface area contributed by atoms with E-state index in [4.69, 9.17) is 0 Å². The Morgan fingerprint density at radius 3 is 2.67 bits per heavy atom. The lowest BCUT2D eigenvalue weighted by molar-refractivity contribution is 0.269. The van der Waals surface area contributed by atoms with Crippen molar-refractivity contribution in [2.75, 3.05) is 18.9 Å². The van der Waals surface area contributed by atoms with Crippen molar-refractivity contribution in [2.24, 2.45) is 0 Å². The van der Waals surface area contributed by atoms with E-state index in [0.29, 0.717) is 17.1 Å². The van der Waals surface area contributed by atoms with Crippen molar-refractivity contribution >= 4 is 15.7 Å². The standard InChI is InChI=1S/C13H20N2O2S/c1-11-7-5-6-10-15(11)18(16,17)13-9-4-3-8-12(13)14-2/h3-4,8-9,11,14H,5-7,10H2,1-2H3. The van der Waals surface area contributed by atoms with Crippen LogP contribution in [0.4, 0.5) is 5.69 Å². The second-order valence-electron chi connectivity index (χ2n) is 4.71. The zero-order chi connectivity index (χ0) is 13.2. The van der Waals surface area contributed by atoms with Gasteiger partial charge in [-0.2, -0.15) is 4.31 Å². The van der Waals surface area contributed by atoms with Gasteiger partial charge >= 0.3 is 0 Å². The number of piperidine rings is 1. The largest absolute Gasteiger partial charge is 0.387 e. The van der Waals surface area contributed by atoms with Crippen molar-refractivity contribution < 1.29 is 8.42 Å². The number of hydrogen-bond donors (Lipinski definition) is 1. The Labute approximate surface area is 109 Å². The van der Waals surface area contributed by atoms with Gasteiger partial charge in [-0.3, -0.25) is 0 Å². The van der Waals surface area contributed by atoms with Crippen LogP contribution in [-0.4, -0.2) is 32.4 Å². The molecule has 1 heterocycles. The van der Waals surface area contributed by atoms with Gasteiger partial charge in [0, 0.05) is 19.6 Å². The Morgan fingerprint density at radius 1 is 1.28 bits per heavy atom. The number of benzene rings is 1. The number of sulfonamides is 1. The van der Waals surface area contributed by atoms with E-state index >= 15 is 0 Å². The predicted octanol–water partition coefficient (Wildman–Crippen LogP) is 2.29. The van der Waals surface area contributed by atoms with Crippen LogP contribution in [0.3, 0.4) is 0 Å². The van der Waals surface area contributed by atoms with Crippen LogP contribution in [0.25, 0.3) is 0 Å². The lowest BCUT2D eigenvalue weighted by Crippen LogP contribution is -2.42.